The Labute approximate surface area is 169 Å². The van der Waals surface area contributed by atoms with E-state index >= 15 is 0 Å². The first-order chi connectivity index (χ1) is 13.7. The molecule has 2 aromatic heterocycles. The summed E-state index contributed by atoms with van der Waals surface area (Å²) in [5.41, 5.74) is 2.37. The number of nitrogens with zero attached hydrogens (tertiary/aromatic N) is 5. The summed E-state index contributed by atoms with van der Waals surface area (Å²) in [5, 5.41) is 14.3. The number of rotatable bonds is 7. The number of ether oxygens (including phenoxy) is 1. The summed E-state index contributed by atoms with van der Waals surface area (Å²) in [6, 6.07) is 12.3. The SMILES string of the molecule is COc1cccc(CNCc2cccn2-c2nnc(N3CCN(C)CC3)s2)c1. The minimum atomic E-state index is 0.758. The van der Waals surface area contributed by atoms with E-state index in [9.17, 15) is 0 Å². The molecule has 1 saturated heterocycles. The molecule has 1 fully saturated rings. The van der Waals surface area contributed by atoms with Gasteiger partial charge in [-0.1, -0.05) is 23.5 Å². The lowest BCUT2D eigenvalue weighted by Crippen LogP contribution is -2.44. The van der Waals surface area contributed by atoms with Crippen LogP contribution in [0.15, 0.2) is 42.6 Å². The first kappa shape index (κ1) is 18.9. The van der Waals surface area contributed by atoms with Crippen LogP contribution in [0.3, 0.4) is 0 Å². The molecule has 0 atom stereocenters. The summed E-state index contributed by atoms with van der Waals surface area (Å²) in [5.74, 6) is 0.882. The monoisotopic (exact) mass is 398 g/mol. The van der Waals surface area contributed by atoms with Gasteiger partial charge in [0.05, 0.1) is 7.11 Å². The first-order valence-electron chi connectivity index (χ1n) is 9.50. The molecule has 1 N–H and O–H groups in total. The number of aromatic nitrogens is 3. The minimum absolute atomic E-state index is 0.758. The predicted molar refractivity (Wildman–Crippen MR) is 112 cm³/mol. The summed E-state index contributed by atoms with van der Waals surface area (Å²) >= 11 is 1.65. The summed E-state index contributed by atoms with van der Waals surface area (Å²) in [6.45, 7) is 5.69. The van der Waals surface area contributed by atoms with Crippen molar-refractivity contribution in [2.24, 2.45) is 0 Å². The van der Waals surface area contributed by atoms with Crippen molar-refractivity contribution < 1.29 is 4.74 Å². The van der Waals surface area contributed by atoms with Gasteiger partial charge in [0, 0.05) is 51.2 Å². The molecule has 0 unspecified atom stereocenters. The van der Waals surface area contributed by atoms with E-state index in [0.29, 0.717) is 0 Å². The Hall–Kier alpha value is -2.42. The van der Waals surface area contributed by atoms with Crippen LogP contribution < -0.4 is 15.0 Å². The van der Waals surface area contributed by atoms with Crippen molar-refractivity contribution in [3.63, 3.8) is 0 Å². The van der Waals surface area contributed by atoms with Crippen LogP contribution >= 0.6 is 11.3 Å². The Morgan fingerprint density at radius 1 is 1.04 bits per heavy atom. The zero-order valence-electron chi connectivity index (χ0n) is 16.3. The first-order valence-corrected chi connectivity index (χ1v) is 10.3. The van der Waals surface area contributed by atoms with E-state index in [4.69, 9.17) is 4.74 Å². The molecule has 1 aromatic carbocycles. The van der Waals surface area contributed by atoms with Crippen LogP contribution in [0.2, 0.25) is 0 Å². The van der Waals surface area contributed by atoms with Crippen LogP contribution in [0.5, 0.6) is 5.75 Å². The van der Waals surface area contributed by atoms with Crippen molar-refractivity contribution in [1.29, 1.82) is 0 Å². The zero-order chi connectivity index (χ0) is 19.3. The van der Waals surface area contributed by atoms with E-state index in [1.54, 1.807) is 18.4 Å². The molecule has 0 radical (unpaired) electrons. The lowest BCUT2D eigenvalue weighted by molar-refractivity contribution is 0.312. The minimum Gasteiger partial charge on any atom is -0.497 e. The maximum atomic E-state index is 5.29. The van der Waals surface area contributed by atoms with E-state index < -0.39 is 0 Å². The van der Waals surface area contributed by atoms with Gasteiger partial charge in [-0.2, -0.15) is 0 Å². The summed E-state index contributed by atoms with van der Waals surface area (Å²) < 4.78 is 7.41. The van der Waals surface area contributed by atoms with Crippen molar-refractivity contribution in [3.05, 3.63) is 53.9 Å². The number of piperazine rings is 1. The van der Waals surface area contributed by atoms with Gasteiger partial charge in [0.25, 0.3) is 0 Å². The Morgan fingerprint density at radius 3 is 2.68 bits per heavy atom. The molecule has 1 aliphatic heterocycles. The lowest BCUT2D eigenvalue weighted by Gasteiger charge is -2.31. The predicted octanol–water partition coefficient (Wildman–Crippen LogP) is 2.38. The summed E-state index contributed by atoms with van der Waals surface area (Å²) in [7, 11) is 3.85. The number of hydrogen-bond acceptors (Lipinski definition) is 7. The highest BCUT2D eigenvalue weighted by atomic mass is 32.1. The number of nitrogens with one attached hydrogen (secondary N) is 1. The number of likely N-dealkylation sites (N-methyl/N-ethyl adjacent to an activating group) is 1. The molecular weight excluding hydrogens is 372 g/mol. The van der Waals surface area contributed by atoms with Crippen molar-refractivity contribution in [1.82, 2.24) is 25.0 Å². The quantitative estimate of drug-likeness (QED) is 0.659. The second kappa shape index (κ2) is 8.72. The standard InChI is InChI=1S/C20H26N6OS/c1-24-9-11-25(12-10-24)19-22-23-20(28-19)26-8-4-6-17(26)15-21-14-16-5-3-7-18(13-16)27-2/h3-8,13,21H,9-12,14-15H2,1-2H3. The molecule has 7 nitrogen and oxygen atoms in total. The summed E-state index contributed by atoms with van der Waals surface area (Å²) in [6.07, 6.45) is 2.05. The van der Waals surface area contributed by atoms with Crippen molar-refractivity contribution >= 4 is 16.5 Å². The van der Waals surface area contributed by atoms with E-state index in [0.717, 1.165) is 55.3 Å². The molecule has 0 spiro atoms. The third-order valence-electron chi connectivity index (χ3n) is 4.99. The average molecular weight is 399 g/mol. The third-order valence-corrected chi connectivity index (χ3v) is 5.97. The highest BCUT2D eigenvalue weighted by molar-refractivity contribution is 7.17. The van der Waals surface area contributed by atoms with Crippen LogP contribution in [0, 0.1) is 0 Å². The highest BCUT2D eigenvalue weighted by Crippen LogP contribution is 2.25. The van der Waals surface area contributed by atoms with Crippen LogP contribution in [0.4, 0.5) is 5.13 Å². The molecule has 0 saturated carbocycles. The Bertz CT molecular complexity index is 900. The fourth-order valence-corrected chi connectivity index (χ4v) is 4.21. The largest absolute Gasteiger partial charge is 0.497 e. The van der Waals surface area contributed by atoms with Gasteiger partial charge in [-0.3, -0.25) is 4.57 Å². The van der Waals surface area contributed by atoms with Gasteiger partial charge in [0.2, 0.25) is 10.3 Å². The molecule has 28 heavy (non-hydrogen) atoms. The Morgan fingerprint density at radius 2 is 1.86 bits per heavy atom. The van der Waals surface area contributed by atoms with Crippen LogP contribution in [-0.4, -0.2) is 60.0 Å². The van der Waals surface area contributed by atoms with Crippen LogP contribution in [0.25, 0.3) is 5.13 Å². The van der Waals surface area contributed by atoms with Gasteiger partial charge < -0.3 is 19.9 Å². The highest BCUT2D eigenvalue weighted by Gasteiger charge is 2.19. The maximum Gasteiger partial charge on any atom is 0.218 e. The smallest absolute Gasteiger partial charge is 0.218 e. The van der Waals surface area contributed by atoms with E-state index in [-0.39, 0.29) is 0 Å². The van der Waals surface area contributed by atoms with Crippen LogP contribution in [-0.2, 0) is 13.1 Å². The van der Waals surface area contributed by atoms with E-state index in [1.165, 1.54) is 11.3 Å². The topological polar surface area (TPSA) is 58.5 Å². The van der Waals surface area contributed by atoms with Gasteiger partial charge in [-0.25, -0.2) is 0 Å². The second-order valence-corrected chi connectivity index (χ2v) is 7.92. The molecule has 0 bridgehead atoms. The molecule has 1 aliphatic rings. The molecule has 148 valence electrons. The molecule has 0 aliphatic carbocycles. The van der Waals surface area contributed by atoms with Crippen molar-refractivity contribution in [2.45, 2.75) is 13.1 Å². The van der Waals surface area contributed by atoms with Gasteiger partial charge >= 0.3 is 0 Å². The van der Waals surface area contributed by atoms with Crippen LogP contribution in [0.1, 0.15) is 11.3 Å². The number of methoxy groups -OCH3 is 1. The molecule has 0 amide bonds. The summed E-state index contributed by atoms with van der Waals surface area (Å²) in [4.78, 5) is 4.67. The maximum absolute atomic E-state index is 5.29. The number of anilines is 1. The number of hydrogen-bond donors (Lipinski definition) is 1. The van der Waals surface area contributed by atoms with Gasteiger partial charge in [-0.05, 0) is 36.9 Å². The van der Waals surface area contributed by atoms with Gasteiger partial charge in [0.15, 0.2) is 0 Å². The fraction of sp³-hybridized carbons (Fsp3) is 0.400. The molecule has 8 heteroatoms. The van der Waals surface area contributed by atoms with Crippen molar-refractivity contribution in [3.8, 4) is 10.9 Å². The van der Waals surface area contributed by atoms with E-state index in [2.05, 4.69) is 67.4 Å². The van der Waals surface area contributed by atoms with Gasteiger partial charge in [-0.15, -0.1) is 10.2 Å². The molecular formula is C20H26N6OS. The van der Waals surface area contributed by atoms with Gasteiger partial charge in [0.1, 0.15) is 5.75 Å². The van der Waals surface area contributed by atoms with Crippen molar-refractivity contribution in [2.75, 3.05) is 45.2 Å². The van der Waals surface area contributed by atoms with E-state index in [1.807, 2.05) is 12.1 Å². The normalized spacial score (nSPS) is 15.1. The fourth-order valence-electron chi connectivity index (χ4n) is 3.30. The Kier molecular flexibility index (Phi) is 5.90. The lowest BCUT2D eigenvalue weighted by atomic mass is 10.2. The average Bonchev–Trinajstić information content (AvgIpc) is 3.38. The molecule has 4 rings (SSSR count). The second-order valence-electron chi connectivity index (χ2n) is 6.98. The number of benzene rings is 1. The Balaban J connectivity index is 1.39. The zero-order valence-corrected chi connectivity index (χ0v) is 17.2. The molecule has 3 aromatic rings. The molecule has 3 heterocycles. The third kappa shape index (κ3) is 4.35.